The highest BCUT2D eigenvalue weighted by Gasteiger charge is 2.24. The Morgan fingerprint density at radius 2 is 2.14 bits per heavy atom. The van der Waals surface area contributed by atoms with Crippen LogP contribution in [0.3, 0.4) is 0 Å². The molecule has 7 heteroatoms. The van der Waals surface area contributed by atoms with Crippen LogP contribution in [0.4, 0.5) is 5.13 Å². The molecule has 2 N–H and O–H groups in total. The fourth-order valence-electron chi connectivity index (χ4n) is 1.81. The molecule has 0 aliphatic rings. The van der Waals surface area contributed by atoms with Crippen LogP contribution in [0, 0.1) is 11.3 Å². The molecule has 5 nitrogen and oxygen atoms in total. The smallest absolute Gasteiger partial charge is 0.261 e. The van der Waals surface area contributed by atoms with Crippen molar-refractivity contribution in [1.82, 2.24) is 4.98 Å². The number of nitriles is 1. The summed E-state index contributed by atoms with van der Waals surface area (Å²) in [5.41, 5.74) is 0.382. The number of aromatic hydroxyl groups is 1. The number of halogens is 1. The molecule has 0 fully saturated rings. The SMILES string of the molecule is CC(C)(C)c1nc(NC(=O)c2cc(Cl)ccc2O)sc1C#N. The minimum absolute atomic E-state index is 0.0542. The van der Waals surface area contributed by atoms with Gasteiger partial charge in [0.2, 0.25) is 0 Å². The normalized spacial score (nSPS) is 11.0. The first-order valence-electron chi connectivity index (χ1n) is 6.43. The van der Waals surface area contributed by atoms with E-state index in [4.69, 9.17) is 11.6 Å². The monoisotopic (exact) mass is 335 g/mol. The molecule has 1 heterocycles. The van der Waals surface area contributed by atoms with Gasteiger partial charge in [0.1, 0.15) is 16.7 Å². The molecule has 1 amide bonds. The zero-order chi connectivity index (χ0) is 16.5. The zero-order valence-corrected chi connectivity index (χ0v) is 13.8. The van der Waals surface area contributed by atoms with E-state index in [0.717, 1.165) is 11.3 Å². The van der Waals surface area contributed by atoms with E-state index >= 15 is 0 Å². The highest BCUT2D eigenvalue weighted by Crippen LogP contribution is 2.32. The number of benzene rings is 1. The summed E-state index contributed by atoms with van der Waals surface area (Å²) in [4.78, 5) is 17.0. The summed E-state index contributed by atoms with van der Waals surface area (Å²) in [7, 11) is 0. The van der Waals surface area contributed by atoms with Crippen molar-refractivity contribution in [3.8, 4) is 11.8 Å². The van der Waals surface area contributed by atoms with Gasteiger partial charge in [0.25, 0.3) is 5.91 Å². The zero-order valence-electron chi connectivity index (χ0n) is 12.3. The third-order valence-electron chi connectivity index (χ3n) is 2.86. The van der Waals surface area contributed by atoms with Gasteiger partial charge in [-0.1, -0.05) is 43.7 Å². The second-order valence-electron chi connectivity index (χ2n) is 5.67. The molecule has 0 aliphatic carbocycles. The van der Waals surface area contributed by atoms with Crippen molar-refractivity contribution < 1.29 is 9.90 Å². The number of amides is 1. The number of nitrogens with zero attached hydrogens (tertiary/aromatic N) is 2. The van der Waals surface area contributed by atoms with Crippen molar-refractivity contribution in [1.29, 1.82) is 5.26 Å². The van der Waals surface area contributed by atoms with Crippen LogP contribution < -0.4 is 5.32 Å². The lowest BCUT2D eigenvalue weighted by molar-refractivity contribution is 0.102. The first-order valence-corrected chi connectivity index (χ1v) is 7.63. The molecule has 0 saturated heterocycles. The first-order chi connectivity index (χ1) is 10.2. The molecule has 22 heavy (non-hydrogen) atoms. The Balaban J connectivity index is 2.32. The van der Waals surface area contributed by atoms with Crippen LogP contribution in [0.2, 0.25) is 5.02 Å². The maximum absolute atomic E-state index is 12.2. The maximum atomic E-state index is 12.2. The van der Waals surface area contributed by atoms with E-state index < -0.39 is 5.91 Å². The fraction of sp³-hybridized carbons (Fsp3) is 0.267. The molecule has 1 aromatic carbocycles. The second-order valence-corrected chi connectivity index (χ2v) is 7.11. The van der Waals surface area contributed by atoms with Gasteiger partial charge >= 0.3 is 0 Å². The maximum Gasteiger partial charge on any atom is 0.261 e. The number of nitrogens with one attached hydrogen (secondary N) is 1. The van der Waals surface area contributed by atoms with E-state index in [0.29, 0.717) is 20.7 Å². The van der Waals surface area contributed by atoms with Crippen LogP contribution in [0.1, 0.15) is 41.7 Å². The summed E-state index contributed by atoms with van der Waals surface area (Å²) < 4.78 is 0. The Bertz CT molecular complexity index is 772. The lowest BCUT2D eigenvalue weighted by Crippen LogP contribution is -2.15. The lowest BCUT2D eigenvalue weighted by Gasteiger charge is -2.15. The van der Waals surface area contributed by atoms with Crippen molar-refractivity contribution in [3.05, 3.63) is 39.4 Å². The molecule has 0 unspecified atom stereocenters. The highest BCUT2D eigenvalue weighted by atomic mass is 35.5. The molecule has 0 bridgehead atoms. The number of hydrogen-bond donors (Lipinski definition) is 2. The molecule has 0 aliphatic heterocycles. The number of carbonyl (C=O) groups excluding carboxylic acids is 1. The van der Waals surface area contributed by atoms with Gasteiger partial charge in [-0.25, -0.2) is 4.98 Å². The molecule has 2 rings (SSSR count). The summed E-state index contributed by atoms with van der Waals surface area (Å²) >= 11 is 6.93. The van der Waals surface area contributed by atoms with Gasteiger partial charge in [-0.3, -0.25) is 10.1 Å². The molecular weight excluding hydrogens is 322 g/mol. The third-order valence-corrected chi connectivity index (χ3v) is 3.97. The van der Waals surface area contributed by atoms with Crippen LogP contribution in [-0.4, -0.2) is 16.0 Å². The first kappa shape index (κ1) is 16.3. The van der Waals surface area contributed by atoms with Crippen LogP contribution >= 0.6 is 22.9 Å². The van der Waals surface area contributed by atoms with Crippen molar-refractivity contribution in [2.24, 2.45) is 0 Å². The van der Waals surface area contributed by atoms with Gasteiger partial charge in [0, 0.05) is 10.4 Å². The van der Waals surface area contributed by atoms with E-state index in [2.05, 4.69) is 16.4 Å². The van der Waals surface area contributed by atoms with Crippen molar-refractivity contribution in [3.63, 3.8) is 0 Å². The number of carbonyl (C=O) groups is 1. The van der Waals surface area contributed by atoms with Gasteiger partial charge in [0.05, 0.1) is 11.3 Å². The number of rotatable bonds is 2. The van der Waals surface area contributed by atoms with E-state index in [1.165, 1.54) is 18.2 Å². The van der Waals surface area contributed by atoms with Gasteiger partial charge in [-0.05, 0) is 18.2 Å². The van der Waals surface area contributed by atoms with Crippen LogP contribution in [0.5, 0.6) is 5.75 Å². The summed E-state index contributed by atoms with van der Waals surface area (Å²) in [6.07, 6.45) is 0. The minimum atomic E-state index is -0.529. The molecule has 0 radical (unpaired) electrons. The largest absolute Gasteiger partial charge is 0.507 e. The van der Waals surface area contributed by atoms with E-state index in [1.807, 2.05) is 20.8 Å². The third kappa shape index (κ3) is 3.38. The second kappa shape index (κ2) is 5.95. The van der Waals surface area contributed by atoms with Gasteiger partial charge < -0.3 is 5.11 Å². The lowest BCUT2D eigenvalue weighted by atomic mass is 9.91. The Hall–Kier alpha value is -2.10. The quantitative estimate of drug-likeness (QED) is 0.870. The topological polar surface area (TPSA) is 86.0 Å². The van der Waals surface area contributed by atoms with Crippen molar-refractivity contribution in [2.75, 3.05) is 5.32 Å². The van der Waals surface area contributed by atoms with E-state index in [-0.39, 0.29) is 16.7 Å². The predicted molar refractivity (Wildman–Crippen MR) is 86.6 cm³/mol. The molecular formula is C15H14ClN3O2S. The van der Waals surface area contributed by atoms with E-state index in [9.17, 15) is 15.2 Å². The fourth-order valence-corrected chi connectivity index (χ4v) is 2.95. The van der Waals surface area contributed by atoms with Crippen molar-refractivity contribution >= 4 is 34.0 Å². The predicted octanol–water partition coefficient (Wildman–Crippen LogP) is 3.92. The molecule has 2 aromatic rings. The summed E-state index contributed by atoms with van der Waals surface area (Å²) in [6, 6.07) is 6.30. The number of anilines is 1. The number of hydrogen-bond acceptors (Lipinski definition) is 5. The van der Waals surface area contributed by atoms with E-state index in [1.54, 1.807) is 0 Å². The highest BCUT2D eigenvalue weighted by molar-refractivity contribution is 7.16. The summed E-state index contributed by atoms with van der Waals surface area (Å²) in [5.74, 6) is -0.700. The van der Waals surface area contributed by atoms with Gasteiger partial charge in [0.15, 0.2) is 5.13 Å². The van der Waals surface area contributed by atoms with Gasteiger partial charge in [-0.15, -0.1) is 0 Å². The Labute approximate surface area is 137 Å². The van der Waals surface area contributed by atoms with Crippen LogP contribution in [0.25, 0.3) is 0 Å². The van der Waals surface area contributed by atoms with Crippen LogP contribution in [0.15, 0.2) is 18.2 Å². The van der Waals surface area contributed by atoms with Crippen molar-refractivity contribution in [2.45, 2.75) is 26.2 Å². The van der Waals surface area contributed by atoms with Gasteiger partial charge in [-0.2, -0.15) is 5.26 Å². The Morgan fingerprint density at radius 1 is 1.45 bits per heavy atom. The average Bonchev–Trinajstić information content (AvgIpc) is 2.84. The molecule has 1 aromatic heterocycles. The summed E-state index contributed by atoms with van der Waals surface area (Å²) in [6.45, 7) is 5.83. The average molecular weight is 336 g/mol. The van der Waals surface area contributed by atoms with Crippen LogP contribution in [-0.2, 0) is 5.41 Å². The summed E-state index contributed by atoms with van der Waals surface area (Å²) in [5, 5.41) is 22.2. The Morgan fingerprint density at radius 3 is 2.68 bits per heavy atom. The molecule has 0 spiro atoms. The molecule has 114 valence electrons. The Kier molecular flexibility index (Phi) is 4.40. The molecule has 0 saturated carbocycles. The number of thiazole rings is 1. The molecule has 0 atom stereocenters. The number of phenolic OH excluding ortho intramolecular Hbond substituents is 1. The number of aromatic nitrogens is 1. The number of phenols is 1. The minimum Gasteiger partial charge on any atom is -0.507 e. The standard InChI is InChI=1S/C15H14ClN3O2S/c1-15(2,3)12-11(7-17)22-14(18-12)19-13(21)9-6-8(16)4-5-10(9)20/h4-6,20H,1-3H3,(H,18,19,21).